The summed E-state index contributed by atoms with van der Waals surface area (Å²) < 4.78 is 51.0. The summed E-state index contributed by atoms with van der Waals surface area (Å²) in [5, 5.41) is 0. The third kappa shape index (κ3) is 3.88. The molecule has 2 saturated heterocycles. The maximum atomic E-state index is 12.2. The lowest BCUT2D eigenvalue weighted by Crippen LogP contribution is -2.50. The third-order valence-electron chi connectivity index (χ3n) is 3.70. The summed E-state index contributed by atoms with van der Waals surface area (Å²) >= 11 is 0. The van der Waals surface area contributed by atoms with Crippen molar-refractivity contribution in [2.24, 2.45) is 11.7 Å². The molecule has 0 aliphatic carbocycles. The van der Waals surface area contributed by atoms with E-state index in [0.29, 0.717) is 26.1 Å². The van der Waals surface area contributed by atoms with Gasteiger partial charge in [0.05, 0.1) is 11.5 Å². The van der Waals surface area contributed by atoms with Gasteiger partial charge >= 0.3 is 0 Å². The van der Waals surface area contributed by atoms with Gasteiger partial charge in [0.1, 0.15) is 0 Å². The van der Waals surface area contributed by atoms with E-state index in [1.807, 2.05) is 0 Å². The number of nitrogens with zero attached hydrogens (tertiary/aromatic N) is 1. The zero-order chi connectivity index (χ0) is 14.1. The normalized spacial score (nSPS) is 32.5. The Morgan fingerprint density at radius 2 is 2.05 bits per heavy atom. The molecule has 19 heavy (non-hydrogen) atoms. The number of nitrogens with one attached hydrogen (secondary N) is 1. The average Bonchev–Trinajstić information content (AvgIpc) is 2.68. The number of hydrogen-bond acceptors (Lipinski definition) is 5. The van der Waals surface area contributed by atoms with Gasteiger partial charge in [-0.05, 0) is 31.7 Å². The van der Waals surface area contributed by atoms with Crippen molar-refractivity contribution in [3.05, 3.63) is 0 Å². The molecule has 0 saturated carbocycles. The third-order valence-corrected chi connectivity index (χ3v) is 7.11. The highest BCUT2D eigenvalue weighted by Crippen LogP contribution is 2.19. The number of rotatable bonds is 4. The minimum Gasteiger partial charge on any atom is -0.330 e. The van der Waals surface area contributed by atoms with Crippen LogP contribution in [-0.4, -0.2) is 58.3 Å². The van der Waals surface area contributed by atoms with E-state index in [2.05, 4.69) is 4.72 Å². The Kier molecular flexibility index (Phi) is 4.51. The quantitative estimate of drug-likeness (QED) is 0.669. The summed E-state index contributed by atoms with van der Waals surface area (Å²) in [6.45, 7) is 1.38. The number of hydrogen-bond donors (Lipinski definition) is 2. The molecule has 2 rings (SSSR count). The molecule has 0 spiro atoms. The highest BCUT2D eigenvalue weighted by molar-refractivity contribution is 7.91. The van der Waals surface area contributed by atoms with Gasteiger partial charge in [-0.3, -0.25) is 0 Å². The second-order valence-corrected chi connectivity index (χ2v) is 9.26. The molecule has 7 nitrogen and oxygen atoms in total. The Labute approximate surface area is 114 Å². The van der Waals surface area contributed by atoms with Gasteiger partial charge in [0, 0.05) is 19.1 Å². The van der Waals surface area contributed by atoms with Gasteiger partial charge in [-0.15, -0.1) is 0 Å². The molecular weight excluding hydrogens is 290 g/mol. The van der Waals surface area contributed by atoms with Gasteiger partial charge in [0.15, 0.2) is 9.84 Å². The molecule has 0 bridgehead atoms. The van der Waals surface area contributed by atoms with E-state index in [1.165, 1.54) is 4.31 Å². The van der Waals surface area contributed by atoms with Gasteiger partial charge in [0.25, 0.3) is 10.2 Å². The van der Waals surface area contributed by atoms with Crippen molar-refractivity contribution in [2.75, 3.05) is 31.1 Å². The van der Waals surface area contributed by atoms with Crippen molar-refractivity contribution in [1.29, 1.82) is 0 Å². The zero-order valence-corrected chi connectivity index (χ0v) is 12.4. The van der Waals surface area contributed by atoms with Crippen LogP contribution in [0.4, 0.5) is 0 Å². The lowest BCUT2D eigenvalue weighted by molar-refractivity contribution is 0.267. The molecule has 112 valence electrons. The predicted molar refractivity (Wildman–Crippen MR) is 72.5 cm³/mol. The van der Waals surface area contributed by atoms with E-state index in [-0.39, 0.29) is 17.4 Å². The molecule has 2 aliphatic heterocycles. The van der Waals surface area contributed by atoms with Crippen LogP contribution in [0.15, 0.2) is 0 Å². The molecule has 2 atom stereocenters. The van der Waals surface area contributed by atoms with Crippen LogP contribution in [0.3, 0.4) is 0 Å². The van der Waals surface area contributed by atoms with Gasteiger partial charge in [-0.2, -0.15) is 17.4 Å². The second-order valence-electron chi connectivity index (χ2n) is 5.32. The smallest absolute Gasteiger partial charge is 0.279 e. The number of piperidine rings is 1. The first-order valence-corrected chi connectivity index (χ1v) is 9.76. The molecule has 0 amide bonds. The van der Waals surface area contributed by atoms with Crippen LogP contribution < -0.4 is 10.5 Å². The first kappa shape index (κ1) is 15.2. The highest BCUT2D eigenvalue weighted by Gasteiger charge is 2.34. The zero-order valence-electron chi connectivity index (χ0n) is 10.8. The Morgan fingerprint density at radius 1 is 1.32 bits per heavy atom. The summed E-state index contributed by atoms with van der Waals surface area (Å²) in [5.74, 6) is 0.157. The van der Waals surface area contributed by atoms with Crippen LogP contribution in [0.1, 0.15) is 19.3 Å². The molecule has 0 aromatic rings. The van der Waals surface area contributed by atoms with Crippen molar-refractivity contribution >= 4 is 20.0 Å². The molecule has 0 aromatic heterocycles. The van der Waals surface area contributed by atoms with Crippen molar-refractivity contribution < 1.29 is 16.8 Å². The van der Waals surface area contributed by atoms with Crippen LogP contribution in [0.5, 0.6) is 0 Å². The van der Waals surface area contributed by atoms with Crippen LogP contribution >= 0.6 is 0 Å². The Morgan fingerprint density at radius 3 is 2.63 bits per heavy atom. The van der Waals surface area contributed by atoms with E-state index < -0.39 is 26.1 Å². The molecular formula is C10H21N3O4S2. The number of sulfone groups is 1. The van der Waals surface area contributed by atoms with E-state index in [9.17, 15) is 16.8 Å². The van der Waals surface area contributed by atoms with Gasteiger partial charge < -0.3 is 5.73 Å². The molecule has 9 heteroatoms. The molecule has 2 unspecified atom stereocenters. The summed E-state index contributed by atoms with van der Waals surface area (Å²) in [6.07, 6.45) is 2.10. The summed E-state index contributed by atoms with van der Waals surface area (Å²) in [4.78, 5) is 0. The summed E-state index contributed by atoms with van der Waals surface area (Å²) in [7, 11) is -6.68. The van der Waals surface area contributed by atoms with Gasteiger partial charge in [-0.25, -0.2) is 8.42 Å². The van der Waals surface area contributed by atoms with Crippen molar-refractivity contribution in [2.45, 2.75) is 25.3 Å². The maximum Gasteiger partial charge on any atom is 0.279 e. The minimum absolute atomic E-state index is 0.0611. The highest BCUT2D eigenvalue weighted by atomic mass is 32.2. The van der Waals surface area contributed by atoms with Crippen LogP contribution in [0.25, 0.3) is 0 Å². The molecule has 0 aromatic carbocycles. The van der Waals surface area contributed by atoms with Crippen LogP contribution in [-0.2, 0) is 20.0 Å². The lowest BCUT2D eigenvalue weighted by atomic mass is 10.0. The first-order chi connectivity index (χ1) is 8.82. The molecule has 2 heterocycles. The number of nitrogens with two attached hydrogens (primary N) is 1. The van der Waals surface area contributed by atoms with Gasteiger partial charge in [0.2, 0.25) is 0 Å². The fourth-order valence-corrected chi connectivity index (χ4v) is 5.94. The van der Waals surface area contributed by atoms with Crippen molar-refractivity contribution in [3.8, 4) is 0 Å². The van der Waals surface area contributed by atoms with Gasteiger partial charge in [-0.1, -0.05) is 0 Å². The topological polar surface area (TPSA) is 110 Å². The van der Waals surface area contributed by atoms with E-state index >= 15 is 0 Å². The van der Waals surface area contributed by atoms with E-state index in [0.717, 1.165) is 12.8 Å². The Bertz CT molecular complexity index is 517. The predicted octanol–water partition coefficient (Wildman–Crippen LogP) is -1.32. The SMILES string of the molecule is NCC1CCCN(S(=O)(=O)NC2CCS(=O)(=O)C2)C1. The second kappa shape index (κ2) is 5.65. The molecule has 2 fully saturated rings. The minimum atomic E-state index is -3.60. The van der Waals surface area contributed by atoms with E-state index in [4.69, 9.17) is 5.73 Å². The largest absolute Gasteiger partial charge is 0.330 e. The fraction of sp³-hybridized carbons (Fsp3) is 1.00. The first-order valence-electron chi connectivity index (χ1n) is 6.50. The monoisotopic (exact) mass is 311 g/mol. The molecule has 0 radical (unpaired) electrons. The molecule has 2 aliphatic rings. The Hall–Kier alpha value is -0.220. The van der Waals surface area contributed by atoms with E-state index in [1.54, 1.807) is 0 Å². The maximum absolute atomic E-state index is 12.2. The van der Waals surface area contributed by atoms with Crippen molar-refractivity contribution in [1.82, 2.24) is 9.03 Å². The van der Waals surface area contributed by atoms with Crippen molar-refractivity contribution in [3.63, 3.8) is 0 Å². The summed E-state index contributed by atoms with van der Waals surface area (Å²) in [6, 6.07) is -0.492. The lowest BCUT2D eigenvalue weighted by Gasteiger charge is -2.31. The standard InChI is InChI=1S/C10H21N3O4S2/c11-6-9-2-1-4-13(7-9)19(16,17)12-10-3-5-18(14,15)8-10/h9-10,12H,1-8,11H2. The van der Waals surface area contributed by atoms with Crippen LogP contribution in [0, 0.1) is 5.92 Å². The summed E-state index contributed by atoms with van der Waals surface area (Å²) in [5.41, 5.74) is 5.59. The fourth-order valence-electron chi connectivity index (χ4n) is 2.61. The molecule has 3 N–H and O–H groups in total. The Balaban J connectivity index is 1.98. The van der Waals surface area contributed by atoms with Crippen LogP contribution in [0.2, 0.25) is 0 Å². The average molecular weight is 311 g/mol.